The molecule has 0 bridgehead atoms. The van der Waals surface area contributed by atoms with Gasteiger partial charge in [0.2, 0.25) is 0 Å². The predicted molar refractivity (Wildman–Crippen MR) is 192 cm³/mol. The minimum atomic E-state index is 0.0678. The fraction of sp³-hybridized carbons (Fsp3) is 1.00. The van der Waals surface area contributed by atoms with Crippen molar-refractivity contribution in [2.45, 2.75) is 176 Å². The fourth-order valence-corrected chi connectivity index (χ4v) is 5.15. The highest BCUT2D eigenvalue weighted by Gasteiger charge is 2.28. The van der Waals surface area contributed by atoms with Crippen LogP contribution in [-0.2, 0) is 23.7 Å². The average Bonchev–Trinajstić information content (AvgIpc) is 2.98. The third kappa shape index (κ3) is 28.4. The Bertz CT molecular complexity index is 600. The van der Waals surface area contributed by atoms with Gasteiger partial charge in [-0.3, -0.25) is 0 Å². The minimum absolute atomic E-state index is 0.0678. The first kappa shape index (κ1) is 46.8. The van der Waals surface area contributed by atoms with Gasteiger partial charge >= 0.3 is 0 Å². The molecular weight excluding hydrogens is 568 g/mol. The fourth-order valence-electron chi connectivity index (χ4n) is 5.15. The second kappa shape index (κ2) is 29.8. The molecule has 0 aromatic carbocycles. The molecule has 0 saturated carbocycles. The number of nitrogens with two attached hydrogens (primary N) is 4. The van der Waals surface area contributed by atoms with E-state index in [0.29, 0.717) is 39.0 Å². The van der Waals surface area contributed by atoms with Crippen LogP contribution in [0, 0.1) is 11.3 Å². The number of rotatable bonds is 29. The SMILES string of the molecule is CCCC(OCC(C)N)C(CC)COCC(C)N.CCCCC(CC)(CCCC(C)OCC(C)N)COCC(C)OCC(C)N. The summed E-state index contributed by atoms with van der Waals surface area (Å²) in [7, 11) is 0. The van der Waals surface area contributed by atoms with Crippen LogP contribution in [0.1, 0.15) is 133 Å². The lowest BCUT2D eigenvalue weighted by Crippen LogP contribution is -2.33. The molecule has 0 aliphatic rings. The van der Waals surface area contributed by atoms with Gasteiger partial charge in [-0.15, -0.1) is 0 Å². The molecule has 0 heterocycles. The van der Waals surface area contributed by atoms with Crippen LogP contribution in [0.2, 0.25) is 0 Å². The smallest absolute Gasteiger partial charge is 0.0781 e. The van der Waals surface area contributed by atoms with Gasteiger partial charge in [-0.05, 0) is 85.5 Å². The van der Waals surface area contributed by atoms with Gasteiger partial charge in [-0.2, -0.15) is 0 Å². The molecule has 45 heavy (non-hydrogen) atoms. The monoisotopic (exact) mass is 649 g/mol. The van der Waals surface area contributed by atoms with E-state index in [4.69, 9.17) is 46.6 Å². The van der Waals surface area contributed by atoms with E-state index in [0.717, 1.165) is 51.7 Å². The van der Waals surface area contributed by atoms with E-state index in [9.17, 15) is 0 Å². The summed E-state index contributed by atoms with van der Waals surface area (Å²) in [5.41, 5.74) is 23.2. The molecule has 9 nitrogen and oxygen atoms in total. The lowest BCUT2D eigenvalue weighted by Gasteiger charge is -2.34. The maximum Gasteiger partial charge on any atom is 0.0781 e. The highest BCUT2D eigenvalue weighted by atomic mass is 16.5. The van der Waals surface area contributed by atoms with E-state index in [2.05, 4.69) is 41.5 Å². The van der Waals surface area contributed by atoms with E-state index in [1.165, 1.54) is 25.7 Å². The second-order valence-corrected chi connectivity index (χ2v) is 13.9. The quantitative estimate of drug-likeness (QED) is 0.0746. The van der Waals surface area contributed by atoms with Crippen molar-refractivity contribution < 1.29 is 23.7 Å². The van der Waals surface area contributed by atoms with E-state index >= 15 is 0 Å². The first-order chi connectivity index (χ1) is 21.2. The highest BCUT2D eigenvalue weighted by Crippen LogP contribution is 2.35. The Hall–Kier alpha value is -0.360. The minimum Gasteiger partial charge on any atom is -0.379 e. The predicted octanol–water partition coefficient (Wildman–Crippen LogP) is 6.17. The molecule has 0 saturated heterocycles. The second-order valence-electron chi connectivity index (χ2n) is 13.9. The summed E-state index contributed by atoms with van der Waals surface area (Å²) < 4.78 is 29.2. The van der Waals surface area contributed by atoms with Gasteiger partial charge in [-0.1, -0.05) is 53.4 Å². The van der Waals surface area contributed by atoms with E-state index < -0.39 is 0 Å². The summed E-state index contributed by atoms with van der Waals surface area (Å²) in [6.07, 6.45) is 12.1. The van der Waals surface area contributed by atoms with Crippen LogP contribution >= 0.6 is 0 Å². The van der Waals surface area contributed by atoms with Crippen LogP contribution in [0.25, 0.3) is 0 Å². The van der Waals surface area contributed by atoms with Gasteiger partial charge in [0, 0.05) is 30.1 Å². The summed E-state index contributed by atoms with van der Waals surface area (Å²) >= 11 is 0. The van der Waals surface area contributed by atoms with Crippen LogP contribution in [0.4, 0.5) is 0 Å². The Labute approximate surface area is 279 Å². The zero-order valence-corrected chi connectivity index (χ0v) is 31.5. The van der Waals surface area contributed by atoms with E-state index in [1.807, 2.05) is 27.7 Å². The summed E-state index contributed by atoms with van der Waals surface area (Å²) in [6.45, 7) is 25.6. The lowest BCUT2D eigenvalue weighted by molar-refractivity contribution is -0.0422. The molecule has 9 heteroatoms. The first-order valence-corrected chi connectivity index (χ1v) is 18.3. The summed E-state index contributed by atoms with van der Waals surface area (Å²) in [5.74, 6) is 0.433. The largest absolute Gasteiger partial charge is 0.379 e. The number of ether oxygens (including phenoxy) is 5. The molecule has 9 unspecified atom stereocenters. The van der Waals surface area contributed by atoms with Crippen LogP contribution in [0.5, 0.6) is 0 Å². The maximum atomic E-state index is 6.10. The third-order valence-corrected chi connectivity index (χ3v) is 8.09. The number of hydrogen-bond acceptors (Lipinski definition) is 9. The molecule has 0 rings (SSSR count). The molecule has 0 aromatic rings. The maximum absolute atomic E-state index is 6.10. The number of unbranched alkanes of at least 4 members (excludes halogenated alkanes) is 1. The summed E-state index contributed by atoms with van der Waals surface area (Å²) in [6, 6.07) is 0.355. The molecule has 0 amide bonds. The van der Waals surface area contributed by atoms with Gasteiger partial charge in [0.15, 0.2) is 0 Å². The molecule has 0 radical (unpaired) electrons. The van der Waals surface area contributed by atoms with Gasteiger partial charge in [-0.25, -0.2) is 0 Å². The topological polar surface area (TPSA) is 150 Å². The van der Waals surface area contributed by atoms with Crippen molar-refractivity contribution in [2.75, 3.05) is 46.2 Å². The van der Waals surface area contributed by atoms with Crippen molar-refractivity contribution in [2.24, 2.45) is 34.3 Å². The lowest BCUT2D eigenvalue weighted by atomic mass is 9.76. The first-order valence-electron chi connectivity index (χ1n) is 18.3. The van der Waals surface area contributed by atoms with Crippen LogP contribution in [0.15, 0.2) is 0 Å². The van der Waals surface area contributed by atoms with Gasteiger partial charge in [0.1, 0.15) is 0 Å². The Balaban J connectivity index is 0. The number of hydrogen-bond donors (Lipinski definition) is 4. The van der Waals surface area contributed by atoms with Crippen LogP contribution < -0.4 is 22.9 Å². The molecule has 8 N–H and O–H groups in total. The van der Waals surface area contributed by atoms with Crippen LogP contribution in [0.3, 0.4) is 0 Å². The van der Waals surface area contributed by atoms with Crippen molar-refractivity contribution in [1.82, 2.24) is 0 Å². The van der Waals surface area contributed by atoms with Gasteiger partial charge < -0.3 is 46.6 Å². The van der Waals surface area contributed by atoms with Crippen molar-refractivity contribution in [3.63, 3.8) is 0 Å². The third-order valence-electron chi connectivity index (χ3n) is 8.09. The van der Waals surface area contributed by atoms with Gasteiger partial charge in [0.05, 0.1) is 64.6 Å². The molecule has 0 aromatic heterocycles. The Morgan fingerprint density at radius 3 is 1.56 bits per heavy atom. The van der Waals surface area contributed by atoms with Crippen molar-refractivity contribution >= 4 is 0 Å². The Morgan fingerprint density at radius 2 is 1.07 bits per heavy atom. The zero-order chi connectivity index (χ0) is 34.7. The highest BCUT2D eigenvalue weighted by molar-refractivity contribution is 4.79. The molecular formula is C36H80N4O5. The van der Waals surface area contributed by atoms with Crippen molar-refractivity contribution in [3.05, 3.63) is 0 Å². The molecule has 0 aliphatic carbocycles. The summed E-state index contributed by atoms with van der Waals surface area (Å²) in [4.78, 5) is 0. The Morgan fingerprint density at radius 1 is 0.533 bits per heavy atom. The summed E-state index contributed by atoms with van der Waals surface area (Å²) in [5, 5.41) is 0. The van der Waals surface area contributed by atoms with Crippen LogP contribution in [-0.4, -0.2) is 88.7 Å². The normalized spacial score (nSPS) is 18.5. The molecule has 0 spiro atoms. The molecule has 0 aliphatic heterocycles. The Kier molecular flexibility index (Phi) is 30.9. The molecule has 0 fully saturated rings. The molecule has 274 valence electrons. The zero-order valence-electron chi connectivity index (χ0n) is 31.5. The average molecular weight is 649 g/mol. The van der Waals surface area contributed by atoms with E-state index in [-0.39, 0.29) is 47.9 Å². The van der Waals surface area contributed by atoms with Gasteiger partial charge in [0.25, 0.3) is 0 Å². The molecule has 9 atom stereocenters. The standard InChI is InChI=1S/C22H48N2O3.C14H32N2O2/c1-7-9-12-22(8-2,13-10-11-20(5)26-14-18(3)23)17-25-16-21(6)27-15-19(4)24;1-5-7-14(18-9-12(4)16)13(6-2)10-17-8-11(3)15/h18-21H,7-17,23-24H2,1-6H3;11-14H,5-10,15-16H2,1-4H3. The van der Waals surface area contributed by atoms with Crippen molar-refractivity contribution in [3.8, 4) is 0 Å². The van der Waals surface area contributed by atoms with E-state index in [1.54, 1.807) is 0 Å². The van der Waals surface area contributed by atoms with Crippen molar-refractivity contribution in [1.29, 1.82) is 0 Å².